The fourth-order valence-corrected chi connectivity index (χ4v) is 1.86. The quantitative estimate of drug-likeness (QED) is 0.548. The standard InChI is InChI=1S/C15H13FN2O.C4H11NO/c1-10(19)14-9-13(7-8-15(14)17-2)18-12-5-3-11(16)4-6-12;1-2-4(5)3-6/h3-9,18H,2H2,1H3;4,6H,2-3,5H2,1H3. The van der Waals surface area contributed by atoms with E-state index in [-0.39, 0.29) is 24.2 Å². The molecule has 25 heavy (non-hydrogen) atoms. The molecule has 0 aromatic heterocycles. The van der Waals surface area contributed by atoms with Crippen molar-refractivity contribution in [2.75, 3.05) is 11.9 Å². The van der Waals surface area contributed by atoms with Crippen LogP contribution in [0.1, 0.15) is 30.6 Å². The molecule has 0 saturated heterocycles. The summed E-state index contributed by atoms with van der Waals surface area (Å²) >= 11 is 0. The lowest BCUT2D eigenvalue weighted by Gasteiger charge is -2.09. The highest BCUT2D eigenvalue weighted by molar-refractivity contribution is 6.00. The van der Waals surface area contributed by atoms with Crippen LogP contribution in [0.2, 0.25) is 0 Å². The summed E-state index contributed by atoms with van der Waals surface area (Å²) in [7, 11) is 0. The van der Waals surface area contributed by atoms with Crippen LogP contribution in [0.3, 0.4) is 0 Å². The molecule has 1 atom stereocenters. The van der Waals surface area contributed by atoms with Crippen LogP contribution in [0.15, 0.2) is 47.5 Å². The Balaban J connectivity index is 0.000000450. The van der Waals surface area contributed by atoms with Gasteiger partial charge in [0.05, 0.1) is 12.3 Å². The van der Waals surface area contributed by atoms with E-state index in [1.54, 1.807) is 30.3 Å². The molecule has 5 nitrogen and oxygen atoms in total. The summed E-state index contributed by atoms with van der Waals surface area (Å²) in [5.74, 6) is -0.369. The van der Waals surface area contributed by atoms with Crippen molar-refractivity contribution in [1.82, 2.24) is 0 Å². The number of carbonyl (C=O) groups is 1. The molecule has 134 valence electrons. The van der Waals surface area contributed by atoms with Crippen LogP contribution >= 0.6 is 0 Å². The van der Waals surface area contributed by atoms with Gasteiger partial charge >= 0.3 is 0 Å². The fraction of sp³-hybridized carbons (Fsp3) is 0.263. The van der Waals surface area contributed by atoms with Gasteiger partial charge in [-0.05, 0) is 62.5 Å². The van der Waals surface area contributed by atoms with E-state index in [9.17, 15) is 9.18 Å². The van der Waals surface area contributed by atoms with Gasteiger partial charge in [0.15, 0.2) is 5.78 Å². The van der Waals surface area contributed by atoms with E-state index in [4.69, 9.17) is 10.8 Å². The number of rotatable bonds is 6. The monoisotopic (exact) mass is 345 g/mol. The Kier molecular flexibility index (Phi) is 8.46. The Morgan fingerprint density at radius 1 is 1.28 bits per heavy atom. The molecule has 6 heteroatoms. The molecule has 4 N–H and O–H groups in total. The number of aliphatic hydroxyl groups is 1. The van der Waals surface area contributed by atoms with Crippen LogP contribution in [0.5, 0.6) is 0 Å². The van der Waals surface area contributed by atoms with Gasteiger partial charge in [0.1, 0.15) is 5.82 Å². The molecule has 2 rings (SSSR count). The van der Waals surface area contributed by atoms with Crippen molar-refractivity contribution in [2.45, 2.75) is 26.3 Å². The minimum atomic E-state index is -0.291. The molecule has 0 amide bonds. The molecule has 0 radical (unpaired) electrons. The average molecular weight is 345 g/mol. The summed E-state index contributed by atoms with van der Waals surface area (Å²) in [5.41, 5.74) is 7.76. The van der Waals surface area contributed by atoms with E-state index in [0.29, 0.717) is 11.3 Å². The molecule has 0 heterocycles. The maximum Gasteiger partial charge on any atom is 0.162 e. The van der Waals surface area contributed by atoms with Crippen LogP contribution in [0.4, 0.5) is 21.5 Å². The lowest BCUT2D eigenvalue weighted by Crippen LogP contribution is -2.22. The average Bonchev–Trinajstić information content (AvgIpc) is 2.63. The molecule has 0 fully saturated rings. The first kappa shape index (κ1) is 20.5. The zero-order valence-electron chi connectivity index (χ0n) is 14.5. The molecule has 1 unspecified atom stereocenters. The van der Waals surface area contributed by atoms with Crippen molar-refractivity contribution >= 4 is 29.6 Å². The fourth-order valence-electron chi connectivity index (χ4n) is 1.86. The first-order valence-electron chi connectivity index (χ1n) is 7.92. The molecule has 2 aromatic rings. The van der Waals surface area contributed by atoms with Crippen molar-refractivity contribution in [3.05, 3.63) is 53.8 Å². The highest BCUT2D eigenvalue weighted by Gasteiger charge is 2.07. The number of nitrogens with zero attached hydrogens (tertiary/aromatic N) is 1. The summed E-state index contributed by atoms with van der Waals surface area (Å²) in [4.78, 5) is 15.3. The van der Waals surface area contributed by atoms with Crippen LogP contribution in [-0.2, 0) is 0 Å². The van der Waals surface area contributed by atoms with E-state index in [0.717, 1.165) is 17.8 Å². The first-order valence-corrected chi connectivity index (χ1v) is 7.92. The maximum atomic E-state index is 12.8. The number of benzene rings is 2. The molecule has 0 spiro atoms. The number of aliphatic imine (C=N–C) groups is 1. The van der Waals surface area contributed by atoms with Gasteiger partial charge in [0.2, 0.25) is 0 Å². The summed E-state index contributed by atoms with van der Waals surface area (Å²) < 4.78 is 12.8. The molecule has 0 aliphatic carbocycles. The van der Waals surface area contributed by atoms with Crippen LogP contribution in [-0.4, -0.2) is 30.3 Å². The van der Waals surface area contributed by atoms with E-state index in [1.807, 2.05) is 6.92 Å². The normalized spacial score (nSPS) is 11.1. The largest absolute Gasteiger partial charge is 0.395 e. The van der Waals surface area contributed by atoms with Crippen LogP contribution < -0.4 is 11.1 Å². The predicted octanol–water partition coefficient (Wildman–Crippen LogP) is 3.82. The number of hydrogen-bond acceptors (Lipinski definition) is 5. The summed E-state index contributed by atoms with van der Waals surface area (Å²) in [5, 5.41) is 11.3. The molecular formula is C19H24FN3O2. The number of anilines is 2. The van der Waals surface area contributed by atoms with Gasteiger partial charge in [-0.2, -0.15) is 0 Å². The number of hydrogen-bond donors (Lipinski definition) is 3. The van der Waals surface area contributed by atoms with Gasteiger partial charge < -0.3 is 16.2 Å². The first-order chi connectivity index (χ1) is 11.9. The molecule has 0 aliphatic rings. The number of aliphatic hydroxyl groups excluding tert-OH is 1. The van der Waals surface area contributed by atoms with E-state index in [2.05, 4.69) is 17.0 Å². The van der Waals surface area contributed by atoms with Crippen LogP contribution in [0.25, 0.3) is 0 Å². The Labute approximate surface area is 147 Å². The Bertz CT molecular complexity index is 698. The zero-order valence-corrected chi connectivity index (χ0v) is 14.5. The van der Waals surface area contributed by atoms with Gasteiger partial charge in [0, 0.05) is 23.0 Å². The zero-order chi connectivity index (χ0) is 18.8. The van der Waals surface area contributed by atoms with Crippen molar-refractivity contribution in [2.24, 2.45) is 10.7 Å². The molecule has 2 aromatic carbocycles. The third kappa shape index (κ3) is 6.82. The third-order valence-corrected chi connectivity index (χ3v) is 3.44. The summed E-state index contributed by atoms with van der Waals surface area (Å²) in [6.07, 6.45) is 0.858. The highest BCUT2D eigenvalue weighted by atomic mass is 19.1. The van der Waals surface area contributed by atoms with Gasteiger partial charge in [-0.25, -0.2) is 4.39 Å². The van der Waals surface area contributed by atoms with E-state index in [1.165, 1.54) is 19.1 Å². The van der Waals surface area contributed by atoms with E-state index >= 15 is 0 Å². The lowest BCUT2D eigenvalue weighted by molar-refractivity contribution is 0.101. The van der Waals surface area contributed by atoms with Gasteiger partial charge in [-0.15, -0.1) is 0 Å². The number of halogens is 1. The predicted molar refractivity (Wildman–Crippen MR) is 101 cm³/mol. The second-order valence-electron chi connectivity index (χ2n) is 5.43. The summed E-state index contributed by atoms with van der Waals surface area (Å²) in [6, 6.07) is 11.2. The molecule has 0 aliphatic heterocycles. The summed E-state index contributed by atoms with van der Waals surface area (Å²) in [6.45, 7) is 6.96. The van der Waals surface area contributed by atoms with Gasteiger partial charge in [-0.1, -0.05) is 6.92 Å². The molecule has 0 saturated carbocycles. The number of Topliss-reactive ketones (excluding diaryl/α,β-unsaturated/α-hetero) is 1. The Morgan fingerprint density at radius 2 is 1.88 bits per heavy atom. The number of ketones is 1. The van der Waals surface area contributed by atoms with Crippen molar-refractivity contribution in [1.29, 1.82) is 0 Å². The minimum absolute atomic E-state index is 0.00926. The Hall–Kier alpha value is -2.57. The number of nitrogens with two attached hydrogens (primary N) is 1. The van der Waals surface area contributed by atoms with E-state index < -0.39 is 0 Å². The Morgan fingerprint density at radius 3 is 2.32 bits per heavy atom. The van der Waals surface area contributed by atoms with Crippen molar-refractivity contribution in [3.63, 3.8) is 0 Å². The number of carbonyl (C=O) groups excluding carboxylic acids is 1. The number of nitrogens with one attached hydrogen (secondary N) is 1. The topological polar surface area (TPSA) is 87.7 Å². The SMILES string of the molecule is C=Nc1ccc(Nc2ccc(F)cc2)cc1C(C)=O.CCC(N)CO. The smallest absolute Gasteiger partial charge is 0.162 e. The maximum absolute atomic E-state index is 12.8. The van der Waals surface area contributed by atoms with Gasteiger partial charge in [-0.3, -0.25) is 9.79 Å². The van der Waals surface area contributed by atoms with Crippen LogP contribution in [0, 0.1) is 5.82 Å². The second kappa shape index (κ2) is 10.3. The van der Waals surface area contributed by atoms with Crippen molar-refractivity contribution < 1.29 is 14.3 Å². The lowest BCUT2D eigenvalue weighted by atomic mass is 10.1. The van der Waals surface area contributed by atoms with Gasteiger partial charge in [0.25, 0.3) is 0 Å². The molecule has 0 bridgehead atoms. The highest BCUT2D eigenvalue weighted by Crippen LogP contribution is 2.25. The second-order valence-corrected chi connectivity index (χ2v) is 5.43. The van der Waals surface area contributed by atoms with Crippen molar-refractivity contribution in [3.8, 4) is 0 Å². The molecular weight excluding hydrogens is 321 g/mol. The minimum Gasteiger partial charge on any atom is -0.395 e. The third-order valence-electron chi connectivity index (χ3n) is 3.44.